The van der Waals surface area contributed by atoms with Gasteiger partial charge in [0.1, 0.15) is 0 Å². The van der Waals surface area contributed by atoms with E-state index in [1.807, 2.05) is 0 Å². The first-order valence-corrected chi connectivity index (χ1v) is 9.79. The van der Waals surface area contributed by atoms with Crippen LogP contribution in [0.2, 0.25) is 0 Å². The average Bonchev–Trinajstić information content (AvgIpc) is 2.70. The summed E-state index contributed by atoms with van der Waals surface area (Å²) in [7, 11) is 0. The predicted molar refractivity (Wildman–Crippen MR) is 117 cm³/mol. The van der Waals surface area contributed by atoms with Gasteiger partial charge in [-0.25, -0.2) is 0 Å². The Morgan fingerprint density at radius 2 is 1.56 bits per heavy atom. The SMILES string of the molecule is CCCC1Cc2cccc(-c3ccccc3)c2CN1Cc1ccccc1.Cl. The van der Waals surface area contributed by atoms with Crippen LogP contribution in [0.15, 0.2) is 78.9 Å². The molecule has 2 heteroatoms. The summed E-state index contributed by atoms with van der Waals surface area (Å²) in [5.41, 5.74) is 7.19. The van der Waals surface area contributed by atoms with Crippen molar-refractivity contribution in [3.8, 4) is 11.1 Å². The molecule has 1 heterocycles. The van der Waals surface area contributed by atoms with E-state index < -0.39 is 0 Å². The van der Waals surface area contributed by atoms with Crippen molar-refractivity contribution in [3.05, 3.63) is 95.6 Å². The third-order valence-corrected chi connectivity index (χ3v) is 5.54. The van der Waals surface area contributed by atoms with Crippen LogP contribution in [0.25, 0.3) is 11.1 Å². The van der Waals surface area contributed by atoms with Crippen LogP contribution in [0.3, 0.4) is 0 Å². The highest BCUT2D eigenvalue weighted by molar-refractivity contribution is 5.85. The van der Waals surface area contributed by atoms with Gasteiger partial charge in [-0.1, -0.05) is 92.2 Å². The molecule has 0 N–H and O–H groups in total. The summed E-state index contributed by atoms with van der Waals surface area (Å²) in [5, 5.41) is 0. The molecule has 1 atom stereocenters. The second-order valence-electron chi connectivity index (χ2n) is 7.35. The largest absolute Gasteiger partial charge is 0.292 e. The number of hydrogen-bond donors (Lipinski definition) is 0. The van der Waals surface area contributed by atoms with Gasteiger partial charge in [-0.05, 0) is 40.7 Å². The quantitative estimate of drug-likeness (QED) is 0.490. The highest BCUT2D eigenvalue weighted by atomic mass is 35.5. The van der Waals surface area contributed by atoms with E-state index in [4.69, 9.17) is 0 Å². The highest BCUT2D eigenvalue weighted by Gasteiger charge is 2.27. The maximum absolute atomic E-state index is 2.69. The van der Waals surface area contributed by atoms with Gasteiger partial charge in [0.2, 0.25) is 0 Å². The van der Waals surface area contributed by atoms with Crippen molar-refractivity contribution < 1.29 is 0 Å². The lowest BCUT2D eigenvalue weighted by Crippen LogP contribution is -2.40. The number of fused-ring (bicyclic) bond motifs is 1. The molecule has 0 spiro atoms. The van der Waals surface area contributed by atoms with E-state index >= 15 is 0 Å². The second-order valence-corrected chi connectivity index (χ2v) is 7.35. The van der Waals surface area contributed by atoms with Gasteiger partial charge in [0, 0.05) is 19.1 Å². The molecule has 0 amide bonds. The number of benzene rings is 3. The molecule has 4 rings (SSSR count). The molecule has 140 valence electrons. The lowest BCUT2D eigenvalue weighted by atomic mass is 9.86. The summed E-state index contributed by atoms with van der Waals surface area (Å²) in [5.74, 6) is 0. The molecule has 0 fully saturated rings. The standard InChI is InChI=1S/C25H27N.ClH/c1-2-10-23-17-22-15-9-16-24(21-13-7-4-8-14-21)25(22)19-26(23)18-20-11-5-3-6-12-20;/h3-9,11-16,23H,2,10,17-19H2,1H3;1H. The minimum atomic E-state index is 0. The summed E-state index contributed by atoms with van der Waals surface area (Å²) >= 11 is 0. The second kappa shape index (κ2) is 9.21. The topological polar surface area (TPSA) is 3.24 Å². The average molecular weight is 378 g/mol. The molecule has 27 heavy (non-hydrogen) atoms. The molecule has 1 aliphatic heterocycles. The summed E-state index contributed by atoms with van der Waals surface area (Å²) in [6.07, 6.45) is 3.67. The maximum atomic E-state index is 2.69. The Morgan fingerprint density at radius 3 is 2.26 bits per heavy atom. The van der Waals surface area contributed by atoms with Crippen molar-refractivity contribution in [2.24, 2.45) is 0 Å². The van der Waals surface area contributed by atoms with E-state index in [9.17, 15) is 0 Å². The first-order chi connectivity index (χ1) is 12.8. The Bertz CT molecular complexity index is 845. The molecule has 0 aromatic heterocycles. The molecule has 0 radical (unpaired) electrons. The zero-order chi connectivity index (χ0) is 17.8. The Morgan fingerprint density at radius 1 is 0.852 bits per heavy atom. The maximum Gasteiger partial charge on any atom is 0.0249 e. The molecule has 3 aromatic carbocycles. The number of hydrogen-bond acceptors (Lipinski definition) is 1. The summed E-state index contributed by atoms with van der Waals surface area (Å²) in [4.78, 5) is 2.69. The van der Waals surface area contributed by atoms with E-state index in [1.165, 1.54) is 40.7 Å². The summed E-state index contributed by atoms with van der Waals surface area (Å²) in [6.45, 7) is 4.38. The van der Waals surface area contributed by atoms with Crippen molar-refractivity contribution in [3.63, 3.8) is 0 Å². The van der Waals surface area contributed by atoms with Crippen molar-refractivity contribution in [2.45, 2.75) is 45.3 Å². The minimum Gasteiger partial charge on any atom is -0.292 e. The Labute approximate surface area is 169 Å². The molecule has 0 aliphatic carbocycles. The first-order valence-electron chi connectivity index (χ1n) is 9.79. The van der Waals surface area contributed by atoms with E-state index in [1.54, 1.807) is 0 Å². The highest BCUT2D eigenvalue weighted by Crippen LogP contribution is 2.34. The van der Waals surface area contributed by atoms with Gasteiger partial charge in [-0.15, -0.1) is 12.4 Å². The van der Waals surface area contributed by atoms with Gasteiger partial charge in [-0.3, -0.25) is 4.90 Å². The third kappa shape index (κ3) is 4.43. The third-order valence-electron chi connectivity index (χ3n) is 5.54. The zero-order valence-corrected chi connectivity index (χ0v) is 16.8. The minimum absolute atomic E-state index is 0. The molecule has 0 saturated carbocycles. The van der Waals surface area contributed by atoms with Gasteiger partial charge in [0.25, 0.3) is 0 Å². The van der Waals surface area contributed by atoms with Gasteiger partial charge < -0.3 is 0 Å². The van der Waals surface area contributed by atoms with Crippen molar-refractivity contribution in [2.75, 3.05) is 0 Å². The normalized spacial score (nSPS) is 16.4. The monoisotopic (exact) mass is 377 g/mol. The Hall–Kier alpha value is -2.09. The van der Waals surface area contributed by atoms with Crippen LogP contribution in [-0.4, -0.2) is 10.9 Å². The zero-order valence-electron chi connectivity index (χ0n) is 16.0. The van der Waals surface area contributed by atoms with E-state index in [2.05, 4.69) is 90.7 Å². The van der Waals surface area contributed by atoms with Crippen LogP contribution in [0.5, 0.6) is 0 Å². The number of rotatable bonds is 5. The molecule has 3 aromatic rings. The fourth-order valence-electron chi connectivity index (χ4n) is 4.24. The van der Waals surface area contributed by atoms with Gasteiger partial charge in [-0.2, -0.15) is 0 Å². The number of halogens is 1. The predicted octanol–water partition coefficient (Wildman–Crippen LogP) is 6.50. The van der Waals surface area contributed by atoms with Crippen LogP contribution in [0.4, 0.5) is 0 Å². The molecule has 0 saturated heterocycles. The first kappa shape index (κ1) is 19.7. The molecule has 1 nitrogen and oxygen atoms in total. The van der Waals surface area contributed by atoms with Crippen molar-refractivity contribution in [1.29, 1.82) is 0 Å². The molecule has 1 aliphatic rings. The lowest BCUT2D eigenvalue weighted by molar-refractivity contribution is 0.153. The number of nitrogens with zero attached hydrogens (tertiary/aromatic N) is 1. The van der Waals surface area contributed by atoms with E-state index in [-0.39, 0.29) is 12.4 Å². The summed E-state index contributed by atoms with van der Waals surface area (Å²) < 4.78 is 0. The van der Waals surface area contributed by atoms with Crippen LogP contribution in [0, 0.1) is 0 Å². The van der Waals surface area contributed by atoms with Gasteiger partial charge in [0.05, 0.1) is 0 Å². The van der Waals surface area contributed by atoms with Gasteiger partial charge >= 0.3 is 0 Å². The van der Waals surface area contributed by atoms with Gasteiger partial charge in [0.15, 0.2) is 0 Å². The van der Waals surface area contributed by atoms with Crippen LogP contribution >= 0.6 is 12.4 Å². The molecule has 1 unspecified atom stereocenters. The molecular formula is C25H28ClN. The lowest BCUT2D eigenvalue weighted by Gasteiger charge is -2.38. The fraction of sp³-hybridized carbons (Fsp3) is 0.280. The molecule has 0 bridgehead atoms. The summed E-state index contributed by atoms with van der Waals surface area (Å²) in [6, 6.07) is 29.2. The van der Waals surface area contributed by atoms with Crippen molar-refractivity contribution in [1.82, 2.24) is 4.90 Å². The Balaban J connectivity index is 0.00000210. The van der Waals surface area contributed by atoms with Crippen LogP contribution < -0.4 is 0 Å². The van der Waals surface area contributed by atoms with Crippen LogP contribution in [0.1, 0.15) is 36.5 Å². The Kier molecular flexibility index (Phi) is 6.71. The smallest absolute Gasteiger partial charge is 0.0249 e. The van der Waals surface area contributed by atoms with Crippen molar-refractivity contribution >= 4 is 12.4 Å². The molecular weight excluding hydrogens is 350 g/mol. The van der Waals surface area contributed by atoms with E-state index in [0.717, 1.165) is 19.5 Å². The van der Waals surface area contributed by atoms with Crippen LogP contribution in [-0.2, 0) is 19.5 Å². The fourth-order valence-corrected chi connectivity index (χ4v) is 4.24. The van der Waals surface area contributed by atoms with E-state index in [0.29, 0.717) is 6.04 Å².